The molecule has 1 aliphatic rings. The number of nitrogens with one attached hydrogen (secondary N) is 1. The predicted molar refractivity (Wildman–Crippen MR) is 100 cm³/mol. The van der Waals surface area contributed by atoms with E-state index in [-0.39, 0.29) is 5.91 Å². The van der Waals surface area contributed by atoms with Gasteiger partial charge in [0.25, 0.3) is 0 Å². The zero-order valence-electron chi connectivity index (χ0n) is 15.1. The molecule has 0 saturated carbocycles. The molecule has 2 aromatic rings. The Hall–Kier alpha value is -2.15. The summed E-state index contributed by atoms with van der Waals surface area (Å²) in [6, 6.07) is 5.51. The third-order valence-electron chi connectivity index (χ3n) is 4.05. The number of likely N-dealkylation sites (N-methyl/N-ethyl adjacent to an activating group) is 1. The van der Waals surface area contributed by atoms with Gasteiger partial charge < -0.3 is 19.5 Å². The molecule has 0 aliphatic carbocycles. The third kappa shape index (κ3) is 3.61. The van der Waals surface area contributed by atoms with Crippen molar-refractivity contribution in [2.24, 2.45) is 7.05 Å². The molecule has 3 rings (SSSR count). The SMILES string of the molecule is CN1C(=O)C(NC(=O)OC(C)(C)C)CSc2cc3c(ccn3C)cc21. The van der Waals surface area contributed by atoms with E-state index < -0.39 is 17.7 Å². The summed E-state index contributed by atoms with van der Waals surface area (Å²) in [5.41, 5.74) is 1.38. The Kier molecular flexibility index (Phi) is 4.45. The Bertz CT molecular complexity index is 838. The fourth-order valence-electron chi connectivity index (χ4n) is 2.81. The van der Waals surface area contributed by atoms with E-state index in [1.165, 1.54) is 0 Å². The topological polar surface area (TPSA) is 63.6 Å². The smallest absolute Gasteiger partial charge is 0.408 e. The molecule has 1 aromatic carbocycles. The average Bonchev–Trinajstić information content (AvgIpc) is 2.82. The van der Waals surface area contributed by atoms with E-state index in [1.54, 1.807) is 44.5 Å². The summed E-state index contributed by atoms with van der Waals surface area (Å²) in [4.78, 5) is 27.5. The lowest BCUT2D eigenvalue weighted by Gasteiger charge is -2.24. The van der Waals surface area contributed by atoms with Crippen LogP contribution in [-0.2, 0) is 16.6 Å². The number of carbonyl (C=O) groups excluding carboxylic acids is 2. The van der Waals surface area contributed by atoms with Crippen LogP contribution in [0.3, 0.4) is 0 Å². The van der Waals surface area contributed by atoms with Crippen LogP contribution in [-0.4, -0.2) is 41.0 Å². The molecule has 0 spiro atoms. The summed E-state index contributed by atoms with van der Waals surface area (Å²) < 4.78 is 7.33. The van der Waals surface area contributed by atoms with Crippen LogP contribution in [0, 0.1) is 0 Å². The second-order valence-corrected chi connectivity index (χ2v) is 8.27. The molecule has 0 bridgehead atoms. The molecule has 2 amide bonds. The van der Waals surface area contributed by atoms with Crippen LogP contribution in [0.2, 0.25) is 0 Å². The Morgan fingerprint density at radius 1 is 1.32 bits per heavy atom. The highest BCUT2D eigenvalue weighted by atomic mass is 32.2. The molecule has 1 aliphatic heterocycles. The van der Waals surface area contributed by atoms with Crippen LogP contribution < -0.4 is 10.2 Å². The maximum absolute atomic E-state index is 12.8. The lowest BCUT2D eigenvalue weighted by molar-refractivity contribution is -0.119. The van der Waals surface area contributed by atoms with Crippen molar-refractivity contribution in [2.75, 3.05) is 17.7 Å². The van der Waals surface area contributed by atoms with Gasteiger partial charge in [-0.2, -0.15) is 0 Å². The predicted octanol–water partition coefficient (Wildman–Crippen LogP) is 3.14. The van der Waals surface area contributed by atoms with Crippen LogP contribution in [0.4, 0.5) is 10.5 Å². The fourth-order valence-corrected chi connectivity index (χ4v) is 3.92. The summed E-state index contributed by atoms with van der Waals surface area (Å²) in [6.45, 7) is 5.39. The maximum Gasteiger partial charge on any atom is 0.408 e. The molecular formula is C18H23N3O3S. The van der Waals surface area contributed by atoms with Gasteiger partial charge in [-0.1, -0.05) is 0 Å². The van der Waals surface area contributed by atoms with Crippen LogP contribution in [0.1, 0.15) is 20.8 Å². The molecule has 2 heterocycles. The number of thioether (sulfide) groups is 1. The zero-order valence-corrected chi connectivity index (χ0v) is 15.9. The first-order valence-corrected chi connectivity index (χ1v) is 9.13. The molecule has 1 unspecified atom stereocenters. The Morgan fingerprint density at radius 3 is 2.72 bits per heavy atom. The molecular weight excluding hydrogens is 338 g/mol. The van der Waals surface area contributed by atoms with Crippen molar-refractivity contribution in [2.45, 2.75) is 37.3 Å². The largest absolute Gasteiger partial charge is 0.444 e. The number of nitrogens with zero attached hydrogens (tertiary/aromatic N) is 2. The minimum Gasteiger partial charge on any atom is -0.444 e. The molecule has 1 aromatic heterocycles. The summed E-state index contributed by atoms with van der Waals surface area (Å²) in [5.74, 6) is 0.318. The van der Waals surface area contributed by atoms with Gasteiger partial charge in [-0.15, -0.1) is 11.8 Å². The highest BCUT2D eigenvalue weighted by Gasteiger charge is 2.31. The van der Waals surface area contributed by atoms with Crippen LogP contribution in [0.25, 0.3) is 10.9 Å². The number of ether oxygens (including phenoxy) is 1. The average molecular weight is 361 g/mol. The molecule has 0 fully saturated rings. The number of fused-ring (bicyclic) bond motifs is 2. The number of alkyl carbamates (subject to hydrolysis) is 1. The minimum atomic E-state index is -0.625. The van der Waals surface area contributed by atoms with Gasteiger partial charge in [0, 0.05) is 41.8 Å². The second kappa shape index (κ2) is 6.29. The third-order valence-corrected chi connectivity index (χ3v) is 5.19. The van der Waals surface area contributed by atoms with Gasteiger partial charge in [-0.3, -0.25) is 4.79 Å². The molecule has 7 heteroatoms. The molecule has 0 saturated heterocycles. The minimum absolute atomic E-state index is 0.146. The van der Waals surface area contributed by atoms with E-state index in [0.717, 1.165) is 21.5 Å². The van der Waals surface area contributed by atoms with Gasteiger partial charge >= 0.3 is 6.09 Å². The number of rotatable bonds is 1. The monoisotopic (exact) mass is 361 g/mol. The number of hydrogen-bond acceptors (Lipinski definition) is 4. The Morgan fingerprint density at radius 2 is 2.04 bits per heavy atom. The van der Waals surface area contributed by atoms with Gasteiger partial charge in [0.15, 0.2) is 0 Å². The first kappa shape index (κ1) is 17.7. The van der Waals surface area contributed by atoms with Crippen molar-refractivity contribution in [1.82, 2.24) is 9.88 Å². The van der Waals surface area contributed by atoms with Gasteiger partial charge in [0.2, 0.25) is 5.91 Å². The van der Waals surface area contributed by atoms with E-state index in [2.05, 4.69) is 16.0 Å². The van der Waals surface area contributed by atoms with Crippen LogP contribution >= 0.6 is 11.8 Å². The summed E-state index contributed by atoms with van der Waals surface area (Å²) in [5, 5.41) is 3.78. The standard InChI is InChI=1S/C18H23N3O3S/c1-18(2,3)24-17(23)19-12-10-25-15-9-13-11(6-7-20(13)4)8-14(15)21(5)16(12)22/h6-9,12H,10H2,1-5H3,(H,19,23). The van der Waals surface area contributed by atoms with Gasteiger partial charge in [-0.25, -0.2) is 4.79 Å². The van der Waals surface area contributed by atoms with Crippen LogP contribution in [0.5, 0.6) is 0 Å². The van der Waals surface area contributed by atoms with E-state index in [1.807, 2.05) is 25.4 Å². The number of hydrogen-bond donors (Lipinski definition) is 1. The lowest BCUT2D eigenvalue weighted by atomic mass is 10.2. The molecule has 1 N–H and O–H groups in total. The quantitative estimate of drug-likeness (QED) is 0.848. The normalized spacial score (nSPS) is 18.0. The molecule has 1 atom stereocenters. The maximum atomic E-state index is 12.8. The molecule has 0 radical (unpaired) electrons. The van der Waals surface area contributed by atoms with Crippen molar-refractivity contribution in [3.05, 3.63) is 24.4 Å². The Labute approximate surface area is 151 Å². The Balaban J connectivity index is 1.85. The number of benzene rings is 1. The fraction of sp³-hybridized carbons (Fsp3) is 0.444. The number of amides is 2. The first-order chi connectivity index (χ1) is 11.7. The van der Waals surface area contributed by atoms with Gasteiger partial charge in [0.1, 0.15) is 11.6 Å². The van der Waals surface area contributed by atoms with Crippen molar-refractivity contribution < 1.29 is 14.3 Å². The first-order valence-electron chi connectivity index (χ1n) is 8.15. The van der Waals surface area contributed by atoms with E-state index in [4.69, 9.17) is 4.74 Å². The number of aryl methyl sites for hydroxylation is 1. The van der Waals surface area contributed by atoms with Crippen LogP contribution in [0.15, 0.2) is 29.3 Å². The number of aromatic nitrogens is 1. The van der Waals surface area contributed by atoms with E-state index in [9.17, 15) is 9.59 Å². The van der Waals surface area contributed by atoms with Gasteiger partial charge in [0.05, 0.1) is 5.69 Å². The number of anilines is 1. The molecule has 25 heavy (non-hydrogen) atoms. The number of carbonyl (C=O) groups is 2. The van der Waals surface area contributed by atoms with Crippen molar-refractivity contribution >= 4 is 40.4 Å². The second-order valence-electron chi connectivity index (χ2n) is 7.21. The van der Waals surface area contributed by atoms with Crippen molar-refractivity contribution in [1.29, 1.82) is 0 Å². The molecule has 134 valence electrons. The van der Waals surface area contributed by atoms with Gasteiger partial charge in [-0.05, 0) is 39.0 Å². The highest BCUT2D eigenvalue weighted by Crippen LogP contribution is 2.37. The van der Waals surface area contributed by atoms with E-state index >= 15 is 0 Å². The highest BCUT2D eigenvalue weighted by molar-refractivity contribution is 7.99. The van der Waals surface area contributed by atoms with Crippen molar-refractivity contribution in [3.63, 3.8) is 0 Å². The zero-order chi connectivity index (χ0) is 18.4. The summed E-state index contributed by atoms with van der Waals surface area (Å²) in [7, 11) is 3.74. The molecule has 6 nitrogen and oxygen atoms in total. The summed E-state index contributed by atoms with van der Waals surface area (Å²) in [6.07, 6.45) is 1.43. The summed E-state index contributed by atoms with van der Waals surface area (Å²) >= 11 is 1.57. The van der Waals surface area contributed by atoms with Crippen molar-refractivity contribution in [3.8, 4) is 0 Å². The van der Waals surface area contributed by atoms with E-state index in [0.29, 0.717) is 5.75 Å². The lowest BCUT2D eigenvalue weighted by Crippen LogP contribution is -2.49.